The first-order valence-electron chi connectivity index (χ1n) is 6.04. The van der Waals surface area contributed by atoms with E-state index in [1.807, 2.05) is 22.8 Å². The van der Waals surface area contributed by atoms with Gasteiger partial charge in [-0.05, 0) is 44.0 Å². The average Bonchev–Trinajstić information content (AvgIpc) is 2.74. The molecule has 2 heterocycles. The predicted molar refractivity (Wildman–Crippen MR) is 72.6 cm³/mol. The van der Waals surface area contributed by atoms with E-state index < -0.39 is 0 Å². The summed E-state index contributed by atoms with van der Waals surface area (Å²) in [6.45, 7) is 6.39. The monoisotopic (exact) mass is 237 g/mol. The molecule has 0 radical (unpaired) electrons. The van der Waals surface area contributed by atoms with Gasteiger partial charge < -0.3 is 0 Å². The molecule has 0 spiro atoms. The van der Waals surface area contributed by atoms with E-state index in [2.05, 4.69) is 43.0 Å². The summed E-state index contributed by atoms with van der Waals surface area (Å²) in [5, 5.41) is 4.61. The normalized spacial score (nSPS) is 11.1. The van der Waals surface area contributed by atoms with Gasteiger partial charge in [0.05, 0.1) is 5.69 Å². The molecule has 90 valence electrons. The second-order valence-corrected chi connectivity index (χ2v) is 4.72. The van der Waals surface area contributed by atoms with E-state index >= 15 is 0 Å². The first kappa shape index (κ1) is 11.0. The van der Waals surface area contributed by atoms with Crippen LogP contribution in [0.15, 0.2) is 36.7 Å². The van der Waals surface area contributed by atoms with E-state index in [0.717, 1.165) is 11.3 Å². The lowest BCUT2D eigenvalue weighted by atomic mass is 9.97. The molecule has 3 nitrogen and oxygen atoms in total. The molecule has 0 N–H and O–H groups in total. The molecule has 0 unspecified atom stereocenters. The number of hydrogen-bond acceptors (Lipinski definition) is 2. The zero-order chi connectivity index (χ0) is 12.7. The Kier molecular flexibility index (Phi) is 2.40. The number of imidazole rings is 1. The van der Waals surface area contributed by atoms with Crippen molar-refractivity contribution in [3.63, 3.8) is 0 Å². The lowest BCUT2D eigenvalue weighted by Crippen LogP contribution is -1.97. The summed E-state index contributed by atoms with van der Waals surface area (Å²) in [6.07, 6.45) is 3.64. The van der Waals surface area contributed by atoms with Crippen LogP contribution < -0.4 is 0 Å². The Morgan fingerprint density at radius 2 is 1.72 bits per heavy atom. The van der Waals surface area contributed by atoms with Crippen molar-refractivity contribution in [2.24, 2.45) is 0 Å². The van der Waals surface area contributed by atoms with Crippen molar-refractivity contribution in [1.29, 1.82) is 0 Å². The van der Waals surface area contributed by atoms with Crippen LogP contribution in [0.1, 0.15) is 16.7 Å². The van der Waals surface area contributed by atoms with E-state index in [0.29, 0.717) is 0 Å². The molecule has 3 aromatic rings. The maximum atomic E-state index is 4.61. The van der Waals surface area contributed by atoms with Crippen LogP contribution in [0.4, 0.5) is 0 Å². The van der Waals surface area contributed by atoms with Gasteiger partial charge in [0.1, 0.15) is 0 Å². The molecule has 0 fully saturated rings. The van der Waals surface area contributed by atoms with E-state index in [-0.39, 0.29) is 0 Å². The van der Waals surface area contributed by atoms with Crippen LogP contribution in [0.5, 0.6) is 0 Å². The van der Waals surface area contributed by atoms with Gasteiger partial charge in [0.2, 0.25) is 0 Å². The number of rotatable bonds is 1. The largest absolute Gasteiger partial charge is 0.236 e. The van der Waals surface area contributed by atoms with Gasteiger partial charge in [0.25, 0.3) is 0 Å². The lowest BCUT2D eigenvalue weighted by molar-refractivity contribution is 0.940. The zero-order valence-corrected chi connectivity index (χ0v) is 10.8. The van der Waals surface area contributed by atoms with E-state index in [1.165, 1.54) is 22.3 Å². The topological polar surface area (TPSA) is 30.2 Å². The minimum atomic E-state index is 0.876. The Hall–Kier alpha value is -2.16. The minimum absolute atomic E-state index is 0.876. The molecule has 1 aromatic carbocycles. The number of hydrogen-bond donors (Lipinski definition) is 0. The molecule has 0 atom stereocenters. The summed E-state index contributed by atoms with van der Waals surface area (Å²) >= 11 is 0. The molecule has 0 aliphatic rings. The first-order chi connectivity index (χ1) is 8.65. The lowest BCUT2D eigenvalue weighted by Gasteiger charge is -2.10. The molecule has 0 aliphatic heterocycles. The van der Waals surface area contributed by atoms with Crippen LogP contribution in [-0.2, 0) is 0 Å². The highest BCUT2D eigenvalue weighted by Crippen LogP contribution is 2.26. The smallest absolute Gasteiger partial charge is 0.153 e. The summed E-state index contributed by atoms with van der Waals surface area (Å²) in [5.41, 5.74) is 6.91. The maximum Gasteiger partial charge on any atom is 0.153 e. The van der Waals surface area contributed by atoms with Crippen LogP contribution in [0.2, 0.25) is 0 Å². The van der Waals surface area contributed by atoms with Crippen LogP contribution >= 0.6 is 0 Å². The molecular weight excluding hydrogens is 222 g/mol. The average molecular weight is 237 g/mol. The third-order valence-electron chi connectivity index (χ3n) is 3.19. The molecule has 0 amide bonds. The van der Waals surface area contributed by atoms with Gasteiger partial charge in [-0.2, -0.15) is 5.10 Å². The standard InChI is InChI=1S/C15H15N3/c1-10-8-11(2)15(12(3)9-10)13-4-5-14-16-6-7-18(14)17-13/h4-9H,1-3H3. The zero-order valence-electron chi connectivity index (χ0n) is 10.8. The van der Waals surface area contributed by atoms with Gasteiger partial charge in [-0.15, -0.1) is 0 Å². The molecule has 2 aromatic heterocycles. The summed E-state index contributed by atoms with van der Waals surface area (Å²) in [6, 6.07) is 8.43. The molecule has 0 aliphatic carbocycles. The third-order valence-corrected chi connectivity index (χ3v) is 3.19. The summed E-state index contributed by atoms with van der Waals surface area (Å²) in [4.78, 5) is 4.21. The fourth-order valence-electron chi connectivity index (χ4n) is 2.53. The molecule has 18 heavy (non-hydrogen) atoms. The van der Waals surface area contributed by atoms with Crippen molar-refractivity contribution in [1.82, 2.24) is 14.6 Å². The highest BCUT2D eigenvalue weighted by molar-refractivity contribution is 5.68. The van der Waals surface area contributed by atoms with Crippen LogP contribution in [0, 0.1) is 20.8 Å². The van der Waals surface area contributed by atoms with Crippen molar-refractivity contribution < 1.29 is 0 Å². The fourth-order valence-corrected chi connectivity index (χ4v) is 2.53. The van der Waals surface area contributed by atoms with Crippen molar-refractivity contribution in [3.05, 3.63) is 53.3 Å². The summed E-state index contributed by atoms with van der Waals surface area (Å²) in [7, 11) is 0. The first-order valence-corrected chi connectivity index (χ1v) is 6.04. The van der Waals surface area contributed by atoms with Gasteiger partial charge in [0.15, 0.2) is 5.65 Å². The number of aromatic nitrogens is 3. The van der Waals surface area contributed by atoms with Crippen LogP contribution in [-0.4, -0.2) is 14.6 Å². The Morgan fingerprint density at radius 3 is 2.44 bits per heavy atom. The molecule has 0 bridgehead atoms. The summed E-state index contributed by atoms with van der Waals surface area (Å²) in [5.74, 6) is 0. The number of fused-ring (bicyclic) bond motifs is 1. The fraction of sp³-hybridized carbons (Fsp3) is 0.200. The van der Waals surface area contributed by atoms with Gasteiger partial charge in [-0.25, -0.2) is 9.50 Å². The molecular formula is C15H15N3. The van der Waals surface area contributed by atoms with E-state index in [4.69, 9.17) is 0 Å². The SMILES string of the molecule is Cc1cc(C)c(-c2ccc3nccn3n2)c(C)c1. The van der Waals surface area contributed by atoms with Gasteiger partial charge in [-0.1, -0.05) is 17.7 Å². The Balaban J connectivity index is 2.25. The number of benzene rings is 1. The van der Waals surface area contributed by atoms with Crippen LogP contribution in [0.25, 0.3) is 16.9 Å². The Bertz CT molecular complexity index is 702. The van der Waals surface area contributed by atoms with Gasteiger partial charge in [0, 0.05) is 18.0 Å². The number of aryl methyl sites for hydroxylation is 3. The molecule has 0 saturated heterocycles. The Labute approximate surface area is 106 Å². The van der Waals surface area contributed by atoms with Gasteiger partial charge >= 0.3 is 0 Å². The van der Waals surface area contributed by atoms with Crippen molar-refractivity contribution in [2.45, 2.75) is 20.8 Å². The maximum absolute atomic E-state index is 4.61. The highest BCUT2D eigenvalue weighted by atomic mass is 15.2. The van der Waals surface area contributed by atoms with Gasteiger partial charge in [-0.3, -0.25) is 0 Å². The van der Waals surface area contributed by atoms with E-state index in [1.54, 1.807) is 6.20 Å². The van der Waals surface area contributed by atoms with Crippen LogP contribution in [0.3, 0.4) is 0 Å². The predicted octanol–water partition coefficient (Wildman–Crippen LogP) is 3.32. The van der Waals surface area contributed by atoms with Crippen molar-refractivity contribution in [2.75, 3.05) is 0 Å². The second kappa shape index (κ2) is 3.95. The second-order valence-electron chi connectivity index (χ2n) is 4.72. The van der Waals surface area contributed by atoms with Crippen molar-refractivity contribution in [3.8, 4) is 11.3 Å². The third kappa shape index (κ3) is 1.68. The molecule has 3 heteroatoms. The molecule has 3 rings (SSSR count). The number of nitrogens with zero attached hydrogens (tertiary/aromatic N) is 3. The van der Waals surface area contributed by atoms with Crippen molar-refractivity contribution >= 4 is 5.65 Å². The highest BCUT2D eigenvalue weighted by Gasteiger charge is 2.09. The minimum Gasteiger partial charge on any atom is -0.236 e. The summed E-state index contributed by atoms with van der Waals surface area (Å²) < 4.78 is 1.81. The quantitative estimate of drug-likeness (QED) is 0.650. The van der Waals surface area contributed by atoms with E-state index in [9.17, 15) is 0 Å². The molecule has 0 saturated carbocycles. The Morgan fingerprint density at radius 1 is 1.00 bits per heavy atom.